The molecule has 0 aliphatic rings. The lowest BCUT2D eigenvalue weighted by Crippen LogP contribution is -2.33. The molecule has 2 rings (SSSR count). The highest BCUT2D eigenvalue weighted by Gasteiger charge is 2.11. The second-order valence-corrected chi connectivity index (χ2v) is 5.60. The molecule has 0 atom stereocenters. The van der Waals surface area contributed by atoms with E-state index < -0.39 is 0 Å². The van der Waals surface area contributed by atoms with Crippen molar-refractivity contribution in [3.8, 4) is 0 Å². The Morgan fingerprint density at radius 1 is 1.32 bits per heavy atom. The number of halogens is 1. The molecule has 2 N–H and O–H groups in total. The molecular weight excluding hydrogens is 377 g/mol. The molecule has 0 saturated carbocycles. The molecule has 1 heterocycles. The van der Waals surface area contributed by atoms with Gasteiger partial charge in [-0.15, -0.1) is 11.3 Å². The predicted octanol–water partition coefficient (Wildman–Crippen LogP) is 2.12. The average molecular weight is 387 g/mol. The van der Waals surface area contributed by atoms with E-state index in [2.05, 4.69) is 38.2 Å². The van der Waals surface area contributed by atoms with Crippen LogP contribution in [0.1, 0.15) is 10.4 Å². The van der Waals surface area contributed by atoms with Gasteiger partial charge in [-0.1, -0.05) is 12.1 Å². The van der Waals surface area contributed by atoms with E-state index in [1.165, 1.54) is 11.3 Å². The summed E-state index contributed by atoms with van der Waals surface area (Å²) < 4.78 is 0.845. The number of rotatable bonds is 4. The number of anilines is 1. The number of carbonyl (C=O) groups excluding carboxylic acids is 2. The number of thiazole rings is 1. The fourth-order valence-electron chi connectivity index (χ4n) is 1.35. The number of aromatic nitrogens is 1. The minimum atomic E-state index is -0.297. The van der Waals surface area contributed by atoms with Gasteiger partial charge in [-0.05, 0) is 34.7 Å². The Labute approximate surface area is 127 Å². The van der Waals surface area contributed by atoms with Crippen molar-refractivity contribution >= 4 is 50.9 Å². The molecule has 0 aliphatic carbocycles. The van der Waals surface area contributed by atoms with Crippen molar-refractivity contribution in [2.75, 3.05) is 11.9 Å². The van der Waals surface area contributed by atoms with Crippen molar-refractivity contribution < 1.29 is 9.59 Å². The first-order chi connectivity index (χ1) is 9.16. The van der Waals surface area contributed by atoms with Crippen LogP contribution in [0, 0.1) is 3.57 Å². The summed E-state index contributed by atoms with van der Waals surface area (Å²) in [6.45, 7) is -0.0800. The molecular formula is C12H10IN3O2S. The van der Waals surface area contributed by atoms with Crippen molar-refractivity contribution in [1.29, 1.82) is 0 Å². The maximum absolute atomic E-state index is 11.9. The van der Waals surface area contributed by atoms with Gasteiger partial charge >= 0.3 is 0 Å². The lowest BCUT2D eigenvalue weighted by Gasteiger charge is -2.06. The van der Waals surface area contributed by atoms with Crippen LogP contribution in [0.25, 0.3) is 0 Å². The van der Waals surface area contributed by atoms with Crippen LogP contribution in [0.4, 0.5) is 5.13 Å². The van der Waals surface area contributed by atoms with Crippen molar-refractivity contribution in [1.82, 2.24) is 10.3 Å². The van der Waals surface area contributed by atoms with Gasteiger partial charge < -0.3 is 10.6 Å². The fourth-order valence-corrected chi connectivity index (χ4v) is 2.53. The number of hydrogen-bond donors (Lipinski definition) is 2. The Kier molecular flexibility index (Phi) is 4.86. The maximum atomic E-state index is 11.9. The Morgan fingerprint density at radius 2 is 2.11 bits per heavy atom. The van der Waals surface area contributed by atoms with Gasteiger partial charge in [0.15, 0.2) is 5.13 Å². The highest BCUT2D eigenvalue weighted by molar-refractivity contribution is 14.1. The van der Waals surface area contributed by atoms with E-state index in [9.17, 15) is 9.59 Å². The third-order valence-electron chi connectivity index (χ3n) is 2.21. The zero-order valence-electron chi connectivity index (χ0n) is 9.72. The van der Waals surface area contributed by atoms with Crippen LogP contribution in [0.2, 0.25) is 0 Å². The Balaban J connectivity index is 1.87. The first kappa shape index (κ1) is 13.9. The summed E-state index contributed by atoms with van der Waals surface area (Å²) in [6, 6.07) is 7.20. The first-order valence-electron chi connectivity index (χ1n) is 5.39. The van der Waals surface area contributed by atoms with Gasteiger partial charge in [-0.3, -0.25) is 9.59 Å². The highest BCUT2D eigenvalue weighted by Crippen LogP contribution is 2.11. The van der Waals surface area contributed by atoms with Gasteiger partial charge in [0, 0.05) is 15.1 Å². The number of carbonyl (C=O) groups is 2. The van der Waals surface area contributed by atoms with Gasteiger partial charge in [-0.25, -0.2) is 4.98 Å². The van der Waals surface area contributed by atoms with Crippen LogP contribution in [0.3, 0.4) is 0 Å². The summed E-state index contributed by atoms with van der Waals surface area (Å²) in [5.41, 5.74) is 0.560. The molecule has 0 unspecified atom stereocenters. The van der Waals surface area contributed by atoms with E-state index >= 15 is 0 Å². The molecule has 0 spiro atoms. The smallest absolute Gasteiger partial charge is 0.252 e. The molecule has 2 aromatic rings. The van der Waals surface area contributed by atoms with Crippen LogP contribution in [0.5, 0.6) is 0 Å². The van der Waals surface area contributed by atoms with Crippen molar-refractivity contribution in [2.24, 2.45) is 0 Å². The monoisotopic (exact) mass is 387 g/mol. The van der Waals surface area contributed by atoms with E-state index in [1.54, 1.807) is 23.7 Å². The van der Waals surface area contributed by atoms with Gasteiger partial charge in [0.2, 0.25) is 5.91 Å². The number of amides is 2. The minimum absolute atomic E-state index is 0.0800. The molecule has 1 aromatic heterocycles. The van der Waals surface area contributed by atoms with Crippen LogP contribution in [-0.2, 0) is 4.79 Å². The normalized spacial score (nSPS) is 9.95. The summed E-state index contributed by atoms with van der Waals surface area (Å²) >= 11 is 3.41. The minimum Gasteiger partial charge on any atom is -0.343 e. The molecule has 0 fully saturated rings. The summed E-state index contributed by atoms with van der Waals surface area (Å²) in [5.74, 6) is -0.562. The van der Waals surface area contributed by atoms with E-state index in [-0.39, 0.29) is 18.4 Å². The quantitative estimate of drug-likeness (QED) is 0.790. The number of nitrogens with zero attached hydrogens (tertiary/aromatic N) is 1. The average Bonchev–Trinajstić information content (AvgIpc) is 2.89. The number of hydrogen-bond acceptors (Lipinski definition) is 4. The Hall–Kier alpha value is -1.48. The summed E-state index contributed by atoms with van der Waals surface area (Å²) in [6.07, 6.45) is 1.60. The summed E-state index contributed by atoms with van der Waals surface area (Å²) in [4.78, 5) is 27.4. The van der Waals surface area contributed by atoms with Crippen molar-refractivity contribution in [3.63, 3.8) is 0 Å². The molecule has 0 bridgehead atoms. The van der Waals surface area contributed by atoms with E-state index in [4.69, 9.17) is 0 Å². The largest absolute Gasteiger partial charge is 0.343 e. The van der Waals surface area contributed by atoms with Crippen LogP contribution in [-0.4, -0.2) is 23.3 Å². The van der Waals surface area contributed by atoms with Crippen LogP contribution >= 0.6 is 33.9 Å². The zero-order valence-corrected chi connectivity index (χ0v) is 12.7. The standard InChI is InChI=1S/C12H10IN3O2S/c13-9-4-2-1-3-8(9)11(18)15-7-10(17)16-12-14-5-6-19-12/h1-6H,7H2,(H,15,18)(H,14,16,17). The van der Waals surface area contributed by atoms with Gasteiger partial charge in [0.05, 0.1) is 12.1 Å². The van der Waals surface area contributed by atoms with Gasteiger partial charge in [-0.2, -0.15) is 0 Å². The lowest BCUT2D eigenvalue weighted by atomic mass is 10.2. The second kappa shape index (κ2) is 6.62. The third kappa shape index (κ3) is 4.00. The van der Waals surface area contributed by atoms with E-state index in [0.29, 0.717) is 10.7 Å². The lowest BCUT2D eigenvalue weighted by molar-refractivity contribution is -0.115. The third-order valence-corrected chi connectivity index (χ3v) is 3.84. The molecule has 1 aromatic carbocycles. The molecule has 5 nitrogen and oxygen atoms in total. The molecule has 0 radical (unpaired) electrons. The zero-order chi connectivity index (χ0) is 13.7. The Bertz CT molecular complexity index is 586. The summed E-state index contributed by atoms with van der Waals surface area (Å²) in [5, 5.41) is 7.45. The molecule has 7 heteroatoms. The first-order valence-corrected chi connectivity index (χ1v) is 7.35. The van der Waals surface area contributed by atoms with Gasteiger partial charge in [0.25, 0.3) is 5.91 Å². The van der Waals surface area contributed by atoms with Crippen LogP contribution in [0.15, 0.2) is 35.8 Å². The SMILES string of the molecule is O=C(CNC(=O)c1ccccc1I)Nc1nccs1. The summed E-state index contributed by atoms with van der Waals surface area (Å²) in [7, 11) is 0. The van der Waals surface area contributed by atoms with E-state index in [0.717, 1.165) is 3.57 Å². The molecule has 0 aliphatic heterocycles. The molecule has 0 saturated heterocycles. The topological polar surface area (TPSA) is 71.1 Å². The van der Waals surface area contributed by atoms with Crippen molar-refractivity contribution in [2.45, 2.75) is 0 Å². The van der Waals surface area contributed by atoms with E-state index in [1.807, 2.05) is 12.1 Å². The van der Waals surface area contributed by atoms with Crippen LogP contribution < -0.4 is 10.6 Å². The van der Waals surface area contributed by atoms with Gasteiger partial charge in [0.1, 0.15) is 0 Å². The maximum Gasteiger partial charge on any atom is 0.252 e. The van der Waals surface area contributed by atoms with Crippen molar-refractivity contribution in [3.05, 3.63) is 45.0 Å². The highest BCUT2D eigenvalue weighted by atomic mass is 127. The second-order valence-electron chi connectivity index (χ2n) is 3.55. The predicted molar refractivity (Wildman–Crippen MR) is 82.2 cm³/mol. The molecule has 2 amide bonds. The number of benzene rings is 1. The Morgan fingerprint density at radius 3 is 2.79 bits per heavy atom. The molecule has 98 valence electrons. The number of nitrogens with one attached hydrogen (secondary N) is 2. The molecule has 19 heavy (non-hydrogen) atoms. The fraction of sp³-hybridized carbons (Fsp3) is 0.0833.